The van der Waals surface area contributed by atoms with Crippen LogP contribution in [0.5, 0.6) is 0 Å². The van der Waals surface area contributed by atoms with Crippen molar-refractivity contribution < 1.29 is 4.39 Å². The molecule has 0 aliphatic heterocycles. The van der Waals surface area contributed by atoms with E-state index in [4.69, 9.17) is 5.73 Å². The molecule has 0 atom stereocenters. The van der Waals surface area contributed by atoms with Crippen LogP contribution in [0.4, 0.5) is 21.5 Å². The van der Waals surface area contributed by atoms with Crippen LogP contribution in [0, 0.1) is 12.7 Å². The average Bonchev–Trinajstić information content (AvgIpc) is 2.30. The number of benzene rings is 2. The van der Waals surface area contributed by atoms with Gasteiger partial charge in [0.1, 0.15) is 5.82 Å². The van der Waals surface area contributed by atoms with E-state index in [1.54, 1.807) is 12.1 Å². The molecule has 3 N–H and O–H groups in total. The topological polar surface area (TPSA) is 38.0 Å². The zero-order valence-corrected chi connectivity index (χ0v) is 10.9. The number of nitrogen functional groups attached to an aromatic ring is 1. The highest BCUT2D eigenvalue weighted by Crippen LogP contribution is 2.27. The van der Waals surface area contributed by atoms with Gasteiger partial charge in [-0.3, -0.25) is 0 Å². The summed E-state index contributed by atoms with van der Waals surface area (Å²) in [6.07, 6.45) is 0. The molecule has 2 aromatic carbocycles. The van der Waals surface area contributed by atoms with Crippen molar-refractivity contribution in [2.24, 2.45) is 0 Å². The van der Waals surface area contributed by atoms with Gasteiger partial charge in [0.15, 0.2) is 0 Å². The fraction of sp³-hybridized carbons (Fsp3) is 0.0769. The van der Waals surface area contributed by atoms with Crippen LogP contribution in [-0.4, -0.2) is 0 Å². The molecule has 0 saturated heterocycles. The van der Waals surface area contributed by atoms with Crippen molar-refractivity contribution in [3.63, 3.8) is 0 Å². The van der Waals surface area contributed by atoms with Crippen molar-refractivity contribution >= 4 is 33.0 Å². The summed E-state index contributed by atoms with van der Waals surface area (Å²) in [7, 11) is 0. The molecule has 17 heavy (non-hydrogen) atoms. The highest BCUT2D eigenvalue weighted by molar-refractivity contribution is 9.10. The molecule has 0 radical (unpaired) electrons. The van der Waals surface area contributed by atoms with Crippen LogP contribution in [0.1, 0.15) is 5.56 Å². The summed E-state index contributed by atoms with van der Waals surface area (Å²) < 4.78 is 14.3. The van der Waals surface area contributed by atoms with Crippen molar-refractivity contribution in [2.75, 3.05) is 11.1 Å². The van der Waals surface area contributed by atoms with Gasteiger partial charge in [-0.05, 0) is 42.8 Å². The van der Waals surface area contributed by atoms with Gasteiger partial charge < -0.3 is 11.1 Å². The lowest BCUT2D eigenvalue weighted by atomic mass is 10.2. The van der Waals surface area contributed by atoms with E-state index in [-0.39, 0.29) is 5.69 Å². The largest absolute Gasteiger partial charge is 0.395 e. The SMILES string of the molecule is Cc1cc(Nc2cccc(F)c2N)ccc1Br. The van der Waals surface area contributed by atoms with Crippen molar-refractivity contribution in [2.45, 2.75) is 6.92 Å². The van der Waals surface area contributed by atoms with Crippen LogP contribution >= 0.6 is 15.9 Å². The Hall–Kier alpha value is -1.55. The van der Waals surface area contributed by atoms with E-state index >= 15 is 0 Å². The second-order valence-electron chi connectivity index (χ2n) is 3.79. The first-order valence-corrected chi connectivity index (χ1v) is 5.94. The molecule has 0 heterocycles. The van der Waals surface area contributed by atoms with Gasteiger partial charge in [-0.2, -0.15) is 0 Å². The van der Waals surface area contributed by atoms with Gasteiger partial charge in [-0.1, -0.05) is 22.0 Å². The summed E-state index contributed by atoms with van der Waals surface area (Å²) in [6, 6.07) is 10.5. The Morgan fingerprint density at radius 2 is 2.00 bits per heavy atom. The summed E-state index contributed by atoms with van der Waals surface area (Å²) in [5.74, 6) is -0.413. The molecule has 2 nitrogen and oxygen atoms in total. The third-order valence-electron chi connectivity index (χ3n) is 2.49. The Morgan fingerprint density at radius 3 is 2.71 bits per heavy atom. The van der Waals surface area contributed by atoms with Crippen LogP contribution < -0.4 is 11.1 Å². The zero-order chi connectivity index (χ0) is 12.4. The van der Waals surface area contributed by atoms with Crippen molar-refractivity contribution in [1.82, 2.24) is 0 Å². The number of rotatable bonds is 2. The number of anilines is 3. The van der Waals surface area contributed by atoms with E-state index in [1.807, 2.05) is 25.1 Å². The molecular formula is C13H12BrFN2. The predicted molar refractivity (Wildman–Crippen MR) is 73.0 cm³/mol. The van der Waals surface area contributed by atoms with E-state index in [9.17, 15) is 4.39 Å². The van der Waals surface area contributed by atoms with Crippen LogP contribution in [0.25, 0.3) is 0 Å². The lowest BCUT2D eigenvalue weighted by Crippen LogP contribution is -1.98. The van der Waals surface area contributed by atoms with Gasteiger partial charge in [0.2, 0.25) is 0 Å². The summed E-state index contributed by atoms with van der Waals surface area (Å²) in [6.45, 7) is 1.99. The van der Waals surface area contributed by atoms with Gasteiger partial charge in [0.05, 0.1) is 11.4 Å². The summed E-state index contributed by atoms with van der Waals surface area (Å²) >= 11 is 3.43. The second kappa shape index (κ2) is 4.75. The maximum atomic E-state index is 13.3. The third kappa shape index (κ3) is 2.58. The number of aryl methyl sites for hydroxylation is 1. The molecule has 2 rings (SSSR count). The van der Waals surface area contributed by atoms with E-state index in [0.29, 0.717) is 5.69 Å². The monoisotopic (exact) mass is 294 g/mol. The lowest BCUT2D eigenvalue weighted by Gasteiger charge is -2.10. The van der Waals surface area contributed by atoms with Crippen molar-refractivity contribution in [3.8, 4) is 0 Å². The smallest absolute Gasteiger partial charge is 0.148 e. The standard InChI is InChI=1S/C13H12BrFN2/c1-8-7-9(5-6-10(8)14)17-12-4-2-3-11(15)13(12)16/h2-7,17H,16H2,1H3. The molecule has 0 spiro atoms. The minimum Gasteiger partial charge on any atom is -0.395 e. The van der Waals surface area contributed by atoms with Gasteiger partial charge >= 0.3 is 0 Å². The van der Waals surface area contributed by atoms with E-state index in [0.717, 1.165) is 15.7 Å². The summed E-state index contributed by atoms with van der Waals surface area (Å²) in [4.78, 5) is 0. The van der Waals surface area contributed by atoms with Crippen LogP contribution in [0.2, 0.25) is 0 Å². The summed E-state index contributed by atoms with van der Waals surface area (Å²) in [5.41, 5.74) is 8.34. The second-order valence-corrected chi connectivity index (χ2v) is 4.64. The van der Waals surface area contributed by atoms with Crippen molar-refractivity contribution in [3.05, 3.63) is 52.3 Å². The van der Waals surface area contributed by atoms with Gasteiger partial charge in [-0.25, -0.2) is 4.39 Å². The minimum absolute atomic E-state index is 0.132. The number of nitrogens with one attached hydrogen (secondary N) is 1. The van der Waals surface area contributed by atoms with E-state index < -0.39 is 5.82 Å². The van der Waals surface area contributed by atoms with Gasteiger partial charge in [0.25, 0.3) is 0 Å². The molecule has 2 aromatic rings. The quantitative estimate of drug-likeness (QED) is 0.814. The minimum atomic E-state index is -0.413. The summed E-state index contributed by atoms with van der Waals surface area (Å²) in [5, 5.41) is 3.10. The highest BCUT2D eigenvalue weighted by Gasteiger charge is 2.05. The highest BCUT2D eigenvalue weighted by atomic mass is 79.9. The van der Waals surface area contributed by atoms with Gasteiger partial charge in [0, 0.05) is 10.2 Å². The molecular weight excluding hydrogens is 283 g/mol. The van der Waals surface area contributed by atoms with E-state index in [2.05, 4.69) is 21.2 Å². The molecule has 0 saturated carbocycles. The molecule has 0 amide bonds. The van der Waals surface area contributed by atoms with E-state index in [1.165, 1.54) is 6.07 Å². The number of hydrogen-bond acceptors (Lipinski definition) is 2. The normalized spacial score (nSPS) is 10.3. The van der Waals surface area contributed by atoms with Gasteiger partial charge in [-0.15, -0.1) is 0 Å². The van der Waals surface area contributed by atoms with Crippen molar-refractivity contribution in [1.29, 1.82) is 0 Å². The fourth-order valence-electron chi connectivity index (χ4n) is 1.52. The molecule has 0 aliphatic carbocycles. The number of nitrogens with two attached hydrogens (primary N) is 1. The Balaban J connectivity index is 2.31. The number of hydrogen-bond donors (Lipinski definition) is 2. The first-order chi connectivity index (χ1) is 8.08. The molecule has 4 heteroatoms. The Morgan fingerprint density at radius 1 is 1.24 bits per heavy atom. The van der Waals surface area contributed by atoms with Crippen LogP contribution in [0.15, 0.2) is 40.9 Å². The lowest BCUT2D eigenvalue weighted by molar-refractivity contribution is 0.633. The molecule has 0 fully saturated rings. The number of halogens is 2. The first kappa shape index (κ1) is 11.9. The first-order valence-electron chi connectivity index (χ1n) is 5.15. The Kier molecular flexibility index (Phi) is 3.33. The Bertz CT molecular complexity index is 555. The maximum Gasteiger partial charge on any atom is 0.148 e. The third-order valence-corrected chi connectivity index (χ3v) is 3.38. The molecule has 0 aliphatic rings. The molecule has 88 valence electrons. The molecule has 0 unspecified atom stereocenters. The maximum absolute atomic E-state index is 13.3. The Labute approximate surface area is 108 Å². The fourth-order valence-corrected chi connectivity index (χ4v) is 1.77. The molecule has 0 aromatic heterocycles. The predicted octanol–water partition coefficient (Wildman–Crippen LogP) is 4.22. The average molecular weight is 295 g/mol. The number of para-hydroxylation sites is 1. The van der Waals surface area contributed by atoms with Crippen LogP contribution in [-0.2, 0) is 0 Å². The molecule has 0 bridgehead atoms. The van der Waals surface area contributed by atoms with Crippen LogP contribution in [0.3, 0.4) is 0 Å². The zero-order valence-electron chi connectivity index (χ0n) is 9.30.